The molecular formula is C16H17NO3. The standard InChI is InChI=1S/C16H17NO3/c1-20-16(19)13-7-4-6-12(13)15(18)17-10-9-11-5-2-3-8-14(11)17/h2-3,5,8H,4,6-7,9-10H2,1H3. The zero-order valence-electron chi connectivity index (χ0n) is 11.5. The van der Waals surface area contributed by atoms with Gasteiger partial charge in [-0.3, -0.25) is 4.79 Å². The molecule has 1 heterocycles. The first-order chi connectivity index (χ1) is 9.72. The van der Waals surface area contributed by atoms with E-state index in [9.17, 15) is 9.59 Å². The maximum atomic E-state index is 12.7. The summed E-state index contributed by atoms with van der Waals surface area (Å²) in [5.41, 5.74) is 3.36. The van der Waals surface area contributed by atoms with E-state index in [4.69, 9.17) is 4.74 Å². The maximum Gasteiger partial charge on any atom is 0.334 e. The SMILES string of the molecule is COC(=O)C1=C(C(=O)N2CCc3ccccc32)CCC1. The fraction of sp³-hybridized carbons (Fsp3) is 0.375. The quantitative estimate of drug-likeness (QED) is 0.775. The number of esters is 1. The number of para-hydroxylation sites is 1. The third kappa shape index (κ3) is 2.01. The van der Waals surface area contributed by atoms with Crippen LogP contribution in [-0.4, -0.2) is 25.5 Å². The van der Waals surface area contributed by atoms with E-state index >= 15 is 0 Å². The van der Waals surface area contributed by atoms with E-state index in [2.05, 4.69) is 0 Å². The van der Waals surface area contributed by atoms with Crippen molar-refractivity contribution in [2.75, 3.05) is 18.6 Å². The van der Waals surface area contributed by atoms with E-state index in [1.807, 2.05) is 24.3 Å². The Morgan fingerprint density at radius 1 is 1.10 bits per heavy atom. The molecule has 0 saturated carbocycles. The third-order valence-electron chi connectivity index (χ3n) is 4.04. The van der Waals surface area contributed by atoms with Crippen LogP contribution in [0.4, 0.5) is 5.69 Å². The number of ether oxygens (including phenoxy) is 1. The number of fused-ring (bicyclic) bond motifs is 1. The number of carbonyl (C=O) groups is 2. The molecule has 2 aliphatic rings. The maximum absolute atomic E-state index is 12.7. The summed E-state index contributed by atoms with van der Waals surface area (Å²) in [6, 6.07) is 7.94. The zero-order valence-corrected chi connectivity index (χ0v) is 11.5. The molecule has 1 aliphatic carbocycles. The van der Waals surface area contributed by atoms with Crippen LogP contribution in [0.2, 0.25) is 0 Å². The number of rotatable bonds is 2. The van der Waals surface area contributed by atoms with Gasteiger partial charge in [-0.25, -0.2) is 4.79 Å². The van der Waals surface area contributed by atoms with Crippen molar-refractivity contribution in [1.29, 1.82) is 0 Å². The minimum Gasteiger partial charge on any atom is -0.466 e. The van der Waals surface area contributed by atoms with Crippen LogP contribution < -0.4 is 4.90 Å². The van der Waals surface area contributed by atoms with Crippen molar-refractivity contribution < 1.29 is 14.3 Å². The molecule has 0 unspecified atom stereocenters. The molecule has 0 bridgehead atoms. The first kappa shape index (κ1) is 12.9. The lowest BCUT2D eigenvalue weighted by Crippen LogP contribution is -2.30. The third-order valence-corrected chi connectivity index (χ3v) is 4.04. The van der Waals surface area contributed by atoms with Gasteiger partial charge in [0.2, 0.25) is 0 Å². The Hall–Kier alpha value is -2.10. The van der Waals surface area contributed by atoms with E-state index < -0.39 is 0 Å². The highest BCUT2D eigenvalue weighted by atomic mass is 16.5. The van der Waals surface area contributed by atoms with Crippen molar-refractivity contribution in [2.45, 2.75) is 25.7 Å². The van der Waals surface area contributed by atoms with E-state index in [0.29, 0.717) is 30.5 Å². The molecule has 0 atom stereocenters. The van der Waals surface area contributed by atoms with Gasteiger partial charge in [0.25, 0.3) is 5.91 Å². The summed E-state index contributed by atoms with van der Waals surface area (Å²) in [6.07, 6.45) is 3.04. The van der Waals surface area contributed by atoms with Crippen LogP contribution in [0.5, 0.6) is 0 Å². The van der Waals surface area contributed by atoms with E-state index in [1.54, 1.807) is 4.90 Å². The molecule has 1 aromatic rings. The Morgan fingerprint density at radius 2 is 1.85 bits per heavy atom. The minimum absolute atomic E-state index is 0.0344. The molecule has 4 heteroatoms. The summed E-state index contributed by atoms with van der Waals surface area (Å²) in [6.45, 7) is 0.691. The summed E-state index contributed by atoms with van der Waals surface area (Å²) in [5, 5.41) is 0. The van der Waals surface area contributed by atoms with Crippen molar-refractivity contribution in [1.82, 2.24) is 0 Å². The van der Waals surface area contributed by atoms with Crippen LogP contribution in [0.3, 0.4) is 0 Å². The van der Waals surface area contributed by atoms with Gasteiger partial charge in [0.05, 0.1) is 7.11 Å². The zero-order chi connectivity index (χ0) is 14.1. The monoisotopic (exact) mass is 271 g/mol. The van der Waals surface area contributed by atoms with Gasteiger partial charge in [-0.1, -0.05) is 18.2 Å². The Kier molecular flexibility index (Phi) is 3.30. The Balaban J connectivity index is 1.92. The summed E-state index contributed by atoms with van der Waals surface area (Å²) in [5.74, 6) is -0.397. The summed E-state index contributed by atoms with van der Waals surface area (Å²) < 4.78 is 4.78. The predicted molar refractivity (Wildman–Crippen MR) is 75.4 cm³/mol. The molecule has 0 fully saturated rings. The van der Waals surface area contributed by atoms with Gasteiger partial charge in [0.1, 0.15) is 0 Å². The summed E-state index contributed by atoms with van der Waals surface area (Å²) in [4.78, 5) is 26.2. The molecule has 20 heavy (non-hydrogen) atoms. The second-order valence-electron chi connectivity index (χ2n) is 5.14. The second-order valence-corrected chi connectivity index (χ2v) is 5.14. The first-order valence-electron chi connectivity index (χ1n) is 6.92. The molecule has 0 N–H and O–H groups in total. The van der Waals surface area contributed by atoms with Crippen molar-refractivity contribution in [3.8, 4) is 0 Å². The van der Waals surface area contributed by atoms with E-state index in [1.165, 1.54) is 12.7 Å². The topological polar surface area (TPSA) is 46.6 Å². The number of carbonyl (C=O) groups excluding carboxylic acids is 2. The molecular weight excluding hydrogens is 254 g/mol. The molecule has 1 aliphatic heterocycles. The minimum atomic E-state index is -0.363. The molecule has 0 saturated heterocycles. The van der Waals surface area contributed by atoms with Gasteiger partial charge >= 0.3 is 5.97 Å². The predicted octanol–water partition coefficient (Wildman–Crippen LogP) is 2.23. The second kappa shape index (κ2) is 5.12. The van der Waals surface area contributed by atoms with Crippen LogP contribution in [0.25, 0.3) is 0 Å². The number of benzene rings is 1. The number of anilines is 1. The van der Waals surface area contributed by atoms with Crippen LogP contribution >= 0.6 is 0 Å². The van der Waals surface area contributed by atoms with Gasteiger partial charge in [0, 0.05) is 23.4 Å². The van der Waals surface area contributed by atoms with Gasteiger partial charge < -0.3 is 9.64 Å². The van der Waals surface area contributed by atoms with Crippen LogP contribution in [0.1, 0.15) is 24.8 Å². The van der Waals surface area contributed by atoms with Crippen molar-refractivity contribution in [2.24, 2.45) is 0 Å². The fourth-order valence-corrected chi connectivity index (χ4v) is 3.04. The average molecular weight is 271 g/mol. The lowest BCUT2D eigenvalue weighted by atomic mass is 10.1. The molecule has 0 radical (unpaired) electrons. The summed E-state index contributed by atoms with van der Waals surface area (Å²) in [7, 11) is 1.36. The number of amides is 1. The molecule has 0 aromatic heterocycles. The molecule has 3 rings (SSSR count). The Bertz CT molecular complexity index is 603. The highest BCUT2D eigenvalue weighted by Crippen LogP contribution is 2.33. The normalized spacial score (nSPS) is 17.4. The lowest BCUT2D eigenvalue weighted by Gasteiger charge is -2.18. The molecule has 1 aromatic carbocycles. The summed E-state index contributed by atoms with van der Waals surface area (Å²) >= 11 is 0. The number of hydrogen-bond donors (Lipinski definition) is 0. The lowest BCUT2D eigenvalue weighted by molar-refractivity contribution is -0.136. The highest BCUT2D eigenvalue weighted by Gasteiger charge is 2.32. The number of hydrogen-bond acceptors (Lipinski definition) is 3. The van der Waals surface area contributed by atoms with Gasteiger partial charge in [-0.05, 0) is 37.3 Å². The molecule has 4 nitrogen and oxygen atoms in total. The smallest absolute Gasteiger partial charge is 0.334 e. The number of nitrogens with zero attached hydrogens (tertiary/aromatic N) is 1. The fourth-order valence-electron chi connectivity index (χ4n) is 3.04. The van der Waals surface area contributed by atoms with E-state index in [0.717, 1.165) is 18.5 Å². The number of methoxy groups -OCH3 is 1. The van der Waals surface area contributed by atoms with Crippen molar-refractivity contribution in [3.05, 3.63) is 41.0 Å². The van der Waals surface area contributed by atoms with Crippen molar-refractivity contribution in [3.63, 3.8) is 0 Å². The van der Waals surface area contributed by atoms with E-state index in [-0.39, 0.29) is 11.9 Å². The Morgan fingerprint density at radius 3 is 2.65 bits per heavy atom. The average Bonchev–Trinajstić information content (AvgIpc) is 3.12. The molecule has 1 amide bonds. The largest absolute Gasteiger partial charge is 0.466 e. The highest BCUT2D eigenvalue weighted by molar-refractivity contribution is 6.11. The van der Waals surface area contributed by atoms with Crippen LogP contribution in [-0.2, 0) is 20.7 Å². The van der Waals surface area contributed by atoms with Crippen LogP contribution in [0, 0.1) is 0 Å². The molecule has 0 spiro atoms. The van der Waals surface area contributed by atoms with Gasteiger partial charge in [0.15, 0.2) is 0 Å². The van der Waals surface area contributed by atoms with Crippen molar-refractivity contribution >= 4 is 17.6 Å². The Labute approximate surface area is 118 Å². The van der Waals surface area contributed by atoms with Crippen LogP contribution in [0.15, 0.2) is 35.4 Å². The van der Waals surface area contributed by atoms with Gasteiger partial charge in [-0.15, -0.1) is 0 Å². The van der Waals surface area contributed by atoms with Gasteiger partial charge in [-0.2, -0.15) is 0 Å². The molecule has 104 valence electrons. The first-order valence-corrected chi connectivity index (χ1v) is 6.92.